The predicted octanol–water partition coefficient (Wildman–Crippen LogP) is -2.06. The summed E-state index contributed by atoms with van der Waals surface area (Å²) in [5.41, 5.74) is 5.39. The van der Waals surface area contributed by atoms with Gasteiger partial charge in [0.05, 0.1) is 37.9 Å². The lowest BCUT2D eigenvalue weighted by Crippen LogP contribution is -2.58. The second kappa shape index (κ2) is 17.2. The van der Waals surface area contributed by atoms with Gasteiger partial charge in [-0.05, 0) is 18.8 Å². The normalized spacial score (nSPS) is 12.8. The Morgan fingerprint density at radius 2 is 1.78 bits per heavy atom. The molecule has 226 valence electrons. The van der Waals surface area contributed by atoms with Crippen LogP contribution in [-0.4, -0.2) is 99.8 Å². The molecular formula is C26H40N8O7. The maximum Gasteiger partial charge on any atom is 0.248 e. The topological polar surface area (TPSA) is 229 Å². The lowest BCUT2D eigenvalue weighted by molar-refractivity contribution is -0.136. The summed E-state index contributed by atoms with van der Waals surface area (Å²) in [5.74, 6) is -4.30. The Morgan fingerprint density at radius 3 is 2.29 bits per heavy atom. The fourth-order valence-electron chi connectivity index (χ4n) is 3.60. The minimum absolute atomic E-state index is 0.0495. The first-order valence-electron chi connectivity index (χ1n) is 12.9. The quantitative estimate of drug-likeness (QED) is 0.0959. The summed E-state index contributed by atoms with van der Waals surface area (Å²) in [6.07, 6.45) is 4.99. The van der Waals surface area contributed by atoms with Gasteiger partial charge in [-0.3, -0.25) is 28.8 Å². The molecule has 15 heteroatoms. The second-order valence-electron chi connectivity index (χ2n) is 9.63. The molecule has 0 aliphatic rings. The van der Waals surface area contributed by atoms with Crippen molar-refractivity contribution in [2.45, 2.75) is 51.7 Å². The molecule has 0 aliphatic heterocycles. The van der Waals surface area contributed by atoms with Gasteiger partial charge in [0.1, 0.15) is 18.1 Å². The SMILES string of the molecule is C=CCCN(CC(=O)N[C@@H](CC(C)C)C(=O)N[C@@H](C(=C)c1cnc[nH]1)C(=O)N[C@@H](CO)C(=O)NCC(N)=O)C(C)=O. The zero-order valence-corrected chi connectivity index (χ0v) is 23.6. The standard InChI is InChI=1S/C26H40N8O7/c1-6-7-8-34(17(5)36)12-22(38)31-18(9-15(2)3)25(40)33-23(16(4)19-10-28-14-30-19)26(41)32-20(13-35)24(39)29-11-21(27)37/h6,10,14-15,18,20,23,35H,1,4,7-9,11-13H2,2-3,5H3,(H2,27,37)(H,28,30)(H,29,39)(H,31,38)(H,32,41)(H,33,40)/t18-,20-,23-/m0/s1. The third-order valence-electron chi connectivity index (χ3n) is 5.74. The lowest BCUT2D eigenvalue weighted by Gasteiger charge is -2.27. The number of imidazole rings is 1. The van der Waals surface area contributed by atoms with E-state index >= 15 is 0 Å². The molecule has 1 aromatic rings. The van der Waals surface area contributed by atoms with Gasteiger partial charge in [0, 0.05) is 19.0 Å². The van der Waals surface area contributed by atoms with Crippen molar-refractivity contribution in [3.05, 3.63) is 37.5 Å². The first-order chi connectivity index (χ1) is 19.3. The Bertz CT molecular complexity index is 1100. The zero-order valence-electron chi connectivity index (χ0n) is 23.6. The number of aromatic amines is 1. The van der Waals surface area contributed by atoms with Gasteiger partial charge < -0.3 is 42.0 Å². The molecule has 0 unspecified atom stereocenters. The van der Waals surface area contributed by atoms with Crippen molar-refractivity contribution >= 4 is 41.0 Å². The maximum absolute atomic E-state index is 13.4. The van der Waals surface area contributed by atoms with E-state index in [1.165, 1.54) is 24.3 Å². The third kappa shape index (κ3) is 12.0. The highest BCUT2D eigenvalue weighted by molar-refractivity contribution is 6.01. The smallest absolute Gasteiger partial charge is 0.248 e. The van der Waals surface area contributed by atoms with Crippen LogP contribution in [-0.2, 0) is 28.8 Å². The molecule has 0 fully saturated rings. The van der Waals surface area contributed by atoms with Crippen LogP contribution in [0.3, 0.4) is 0 Å². The molecule has 0 saturated heterocycles. The summed E-state index contributed by atoms with van der Waals surface area (Å²) < 4.78 is 0. The number of H-pyrrole nitrogens is 1. The number of hydrogen-bond donors (Lipinski definition) is 7. The Labute approximate surface area is 238 Å². The van der Waals surface area contributed by atoms with E-state index in [-0.39, 0.29) is 36.9 Å². The van der Waals surface area contributed by atoms with Crippen molar-refractivity contribution in [1.82, 2.24) is 36.1 Å². The molecule has 15 nitrogen and oxygen atoms in total. The Kier molecular flexibility index (Phi) is 14.5. The number of nitrogens with one attached hydrogen (secondary N) is 5. The van der Waals surface area contributed by atoms with Gasteiger partial charge in [-0.15, -0.1) is 6.58 Å². The minimum atomic E-state index is -1.48. The molecule has 0 saturated carbocycles. The van der Waals surface area contributed by atoms with Crippen LogP contribution in [0.15, 0.2) is 31.8 Å². The number of carbonyl (C=O) groups excluding carboxylic acids is 6. The average molecular weight is 577 g/mol. The van der Waals surface area contributed by atoms with Gasteiger partial charge >= 0.3 is 0 Å². The molecule has 3 atom stereocenters. The van der Waals surface area contributed by atoms with Crippen LogP contribution < -0.4 is 27.0 Å². The summed E-state index contributed by atoms with van der Waals surface area (Å²) >= 11 is 0. The molecule has 41 heavy (non-hydrogen) atoms. The van der Waals surface area contributed by atoms with Crippen LogP contribution in [0.5, 0.6) is 0 Å². The van der Waals surface area contributed by atoms with E-state index in [9.17, 15) is 33.9 Å². The summed E-state index contributed by atoms with van der Waals surface area (Å²) in [7, 11) is 0. The molecule has 1 aromatic heterocycles. The molecule has 0 radical (unpaired) electrons. The van der Waals surface area contributed by atoms with Crippen LogP contribution in [0.1, 0.15) is 39.3 Å². The van der Waals surface area contributed by atoms with E-state index in [0.717, 1.165) is 0 Å². The van der Waals surface area contributed by atoms with Crippen LogP contribution in [0.2, 0.25) is 0 Å². The van der Waals surface area contributed by atoms with Gasteiger partial charge in [-0.1, -0.05) is 26.5 Å². The van der Waals surface area contributed by atoms with Crippen molar-refractivity contribution in [1.29, 1.82) is 0 Å². The molecular weight excluding hydrogens is 536 g/mol. The first-order valence-corrected chi connectivity index (χ1v) is 12.9. The molecule has 1 heterocycles. The number of primary amides is 1. The second-order valence-corrected chi connectivity index (χ2v) is 9.63. The average Bonchev–Trinajstić information content (AvgIpc) is 3.45. The first kappa shape index (κ1) is 34.5. The highest BCUT2D eigenvalue weighted by atomic mass is 16.3. The van der Waals surface area contributed by atoms with Crippen molar-refractivity contribution in [3.63, 3.8) is 0 Å². The van der Waals surface area contributed by atoms with Crippen molar-refractivity contribution in [3.8, 4) is 0 Å². The zero-order chi connectivity index (χ0) is 31.1. The number of hydrogen-bond acceptors (Lipinski definition) is 8. The highest BCUT2D eigenvalue weighted by Gasteiger charge is 2.32. The van der Waals surface area contributed by atoms with Crippen molar-refractivity contribution in [2.75, 3.05) is 26.2 Å². The summed E-state index contributed by atoms with van der Waals surface area (Å²) in [5, 5.41) is 19.3. The molecule has 0 bridgehead atoms. The lowest BCUT2D eigenvalue weighted by atomic mass is 10.0. The number of rotatable bonds is 18. The number of nitrogens with zero attached hydrogens (tertiary/aromatic N) is 2. The van der Waals surface area contributed by atoms with E-state index in [1.807, 2.05) is 13.8 Å². The number of carbonyl (C=O) groups is 6. The Morgan fingerprint density at radius 1 is 1.10 bits per heavy atom. The van der Waals surface area contributed by atoms with Gasteiger partial charge in [-0.2, -0.15) is 0 Å². The largest absolute Gasteiger partial charge is 0.394 e. The van der Waals surface area contributed by atoms with Crippen LogP contribution in [0.4, 0.5) is 0 Å². The van der Waals surface area contributed by atoms with Crippen molar-refractivity contribution < 1.29 is 33.9 Å². The number of nitrogens with two attached hydrogens (primary N) is 1. The highest BCUT2D eigenvalue weighted by Crippen LogP contribution is 2.15. The fourth-order valence-corrected chi connectivity index (χ4v) is 3.60. The van der Waals surface area contributed by atoms with E-state index in [1.54, 1.807) is 6.08 Å². The van der Waals surface area contributed by atoms with Gasteiger partial charge in [-0.25, -0.2) is 4.98 Å². The maximum atomic E-state index is 13.4. The number of aliphatic hydroxyl groups is 1. The van der Waals surface area contributed by atoms with Gasteiger partial charge in [0.15, 0.2) is 0 Å². The predicted molar refractivity (Wildman–Crippen MR) is 149 cm³/mol. The summed E-state index contributed by atoms with van der Waals surface area (Å²) in [6.45, 7) is 11.1. The summed E-state index contributed by atoms with van der Waals surface area (Å²) in [4.78, 5) is 82.7. The van der Waals surface area contributed by atoms with E-state index in [4.69, 9.17) is 5.73 Å². The van der Waals surface area contributed by atoms with Gasteiger partial charge in [0.25, 0.3) is 0 Å². The van der Waals surface area contributed by atoms with Crippen molar-refractivity contribution in [2.24, 2.45) is 11.7 Å². The van der Waals surface area contributed by atoms with Crippen LogP contribution in [0.25, 0.3) is 5.57 Å². The number of aliphatic hydroxyl groups excluding tert-OH is 1. The third-order valence-corrected chi connectivity index (χ3v) is 5.74. The minimum Gasteiger partial charge on any atom is -0.394 e. The molecule has 0 aliphatic carbocycles. The Hall–Kier alpha value is -4.53. The fraction of sp³-hybridized carbons (Fsp3) is 0.500. The summed E-state index contributed by atoms with van der Waals surface area (Å²) in [6, 6.07) is -4.03. The number of amides is 6. The molecule has 1 rings (SSSR count). The van der Waals surface area contributed by atoms with Gasteiger partial charge in [0.2, 0.25) is 35.4 Å². The van der Waals surface area contributed by atoms with E-state index in [2.05, 4.69) is 44.4 Å². The molecule has 0 spiro atoms. The van der Waals surface area contributed by atoms with E-state index in [0.29, 0.717) is 12.1 Å². The monoisotopic (exact) mass is 576 g/mol. The Balaban J connectivity index is 3.16. The van der Waals surface area contributed by atoms with Crippen LogP contribution >= 0.6 is 0 Å². The number of aromatic nitrogens is 2. The molecule has 8 N–H and O–H groups in total. The van der Waals surface area contributed by atoms with Crippen LogP contribution in [0, 0.1) is 5.92 Å². The molecule has 6 amide bonds. The molecule has 0 aromatic carbocycles. The van der Waals surface area contributed by atoms with E-state index < -0.39 is 60.8 Å².